The molecule has 5 rings (SSSR count). The summed E-state index contributed by atoms with van der Waals surface area (Å²) in [5.41, 5.74) is 1.90. The summed E-state index contributed by atoms with van der Waals surface area (Å²) in [6, 6.07) is 5.61. The van der Waals surface area contributed by atoms with E-state index in [0.717, 1.165) is 24.3 Å². The zero-order chi connectivity index (χ0) is 21.4. The van der Waals surface area contributed by atoms with Crippen LogP contribution in [0.3, 0.4) is 0 Å². The Balaban J connectivity index is 1.42. The van der Waals surface area contributed by atoms with Crippen molar-refractivity contribution < 1.29 is 9.47 Å². The van der Waals surface area contributed by atoms with Crippen molar-refractivity contribution in [3.8, 4) is 11.5 Å². The average Bonchev–Trinajstić information content (AvgIpc) is 3.26. The largest absolute Gasteiger partial charge is 0.493 e. The second kappa shape index (κ2) is 8.43. The highest BCUT2D eigenvalue weighted by molar-refractivity contribution is 7.17. The molecule has 3 aromatic heterocycles. The monoisotopic (exact) mass is 438 g/mol. The number of likely N-dealkylation sites (tertiary alicyclic amines) is 1. The number of benzene rings is 1. The van der Waals surface area contributed by atoms with E-state index in [0.29, 0.717) is 39.5 Å². The van der Waals surface area contributed by atoms with Crippen molar-refractivity contribution in [2.24, 2.45) is 5.92 Å². The van der Waals surface area contributed by atoms with Crippen LogP contribution in [0.15, 0.2) is 34.7 Å². The van der Waals surface area contributed by atoms with Crippen LogP contribution in [0.5, 0.6) is 11.5 Å². The summed E-state index contributed by atoms with van der Waals surface area (Å²) >= 11 is 1.40. The quantitative estimate of drug-likeness (QED) is 0.335. The van der Waals surface area contributed by atoms with Gasteiger partial charge in [0.05, 0.1) is 24.8 Å². The van der Waals surface area contributed by atoms with Crippen LogP contribution in [0.1, 0.15) is 26.2 Å². The fourth-order valence-corrected chi connectivity index (χ4v) is 4.97. The molecule has 1 aliphatic rings. The molecule has 1 aliphatic heterocycles. The molecule has 1 saturated heterocycles. The number of ether oxygens (including phenoxy) is 2. The normalized spacial score (nSPS) is 15.8. The standard InChI is InChI=1S/C23H26N4O3S/c1-15-4-8-26(9-5-15)7-3-10-30-20-12-16-18(13-19(20)29-2)24-14-27-22(16)25-17-6-11-31-21(17)23(27)28/h6,11-15H,3-5,7-10H2,1-2H3. The Morgan fingerprint density at radius 1 is 1.19 bits per heavy atom. The molecule has 0 N–H and O–H groups in total. The molecule has 7 nitrogen and oxygen atoms in total. The molecule has 1 aromatic carbocycles. The van der Waals surface area contributed by atoms with Crippen LogP contribution in [-0.2, 0) is 0 Å². The summed E-state index contributed by atoms with van der Waals surface area (Å²) in [4.78, 5) is 24.5. The third kappa shape index (κ3) is 3.85. The summed E-state index contributed by atoms with van der Waals surface area (Å²) in [7, 11) is 1.63. The van der Waals surface area contributed by atoms with Crippen LogP contribution in [-0.4, -0.2) is 52.6 Å². The maximum Gasteiger partial charge on any atom is 0.277 e. The number of fused-ring (bicyclic) bond motifs is 4. The zero-order valence-electron chi connectivity index (χ0n) is 17.8. The summed E-state index contributed by atoms with van der Waals surface area (Å²) < 4.78 is 13.8. The van der Waals surface area contributed by atoms with Crippen molar-refractivity contribution in [1.29, 1.82) is 0 Å². The molecule has 0 atom stereocenters. The van der Waals surface area contributed by atoms with Crippen molar-refractivity contribution in [2.75, 3.05) is 33.4 Å². The smallest absolute Gasteiger partial charge is 0.277 e. The van der Waals surface area contributed by atoms with Gasteiger partial charge in [0.15, 0.2) is 17.1 Å². The van der Waals surface area contributed by atoms with Crippen LogP contribution in [0.2, 0.25) is 0 Å². The first-order valence-electron chi connectivity index (χ1n) is 10.8. The topological polar surface area (TPSA) is 69.0 Å². The van der Waals surface area contributed by atoms with E-state index >= 15 is 0 Å². The molecular formula is C23H26N4O3S. The van der Waals surface area contributed by atoms with Crippen molar-refractivity contribution in [1.82, 2.24) is 19.3 Å². The Labute approximate surface area is 184 Å². The lowest BCUT2D eigenvalue weighted by Gasteiger charge is -2.30. The number of rotatable bonds is 6. The third-order valence-corrected chi connectivity index (χ3v) is 6.99. The van der Waals surface area contributed by atoms with E-state index in [4.69, 9.17) is 14.5 Å². The molecule has 162 valence electrons. The minimum absolute atomic E-state index is 0.0986. The van der Waals surface area contributed by atoms with E-state index in [1.807, 2.05) is 23.6 Å². The van der Waals surface area contributed by atoms with Gasteiger partial charge in [-0.3, -0.25) is 4.79 Å². The summed E-state index contributed by atoms with van der Waals surface area (Å²) in [6.45, 7) is 6.33. The fraction of sp³-hybridized carbons (Fsp3) is 0.435. The minimum atomic E-state index is -0.0986. The Morgan fingerprint density at radius 2 is 2.03 bits per heavy atom. The van der Waals surface area contributed by atoms with E-state index in [-0.39, 0.29) is 5.56 Å². The number of thiophene rings is 1. The van der Waals surface area contributed by atoms with Gasteiger partial charge in [0, 0.05) is 18.0 Å². The zero-order valence-corrected chi connectivity index (χ0v) is 18.7. The molecular weight excluding hydrogens is 412 g/mol. The van der Waals surface area contributed by atoms with Crippen molar-refractivity contribution in [2.45, 2.75) is 26.2 Å². The summed E-state index contributed by atoms with van der Waals surface area (Å²) in [6.07, 6.45) is 5.05. The molecule has 0 bridgehead atoms. The highest BCUT2D eigenvalue weighted by Gasteiger charge is 2.16. The Bertz CT molecular complexity index is 1290. The summed E-state index contributed by atoms with van der Waals surface area (Å²) in [5.74, 6) is 2.13. The van der Waals surface area contributed by atoms with E-state index < -0.39 is 0 Å². The molecule has 4 heterocycles. The first kappa shape index (κ1) is 20.2. The molecule has 0 aliphatic carbocycles. The van der Waals surface area contributed by atoms with Gasteiger partial charge in [-0.25, -0.2) is 14.4 Å². The van der Waals surface area contributed by atoms with Crippen LogP contribution in [0.4, 0.5) is 0 Å². The first-order chi connectivity index (χ1) is 15.1. The van der Waals surface area contributed by atoms with Gasteiger partial charge in [0.1, 0.15) is 11.0 Å². The molecule has 4 aromatic rings. The van der Waals surface area contributed by atoms with Gasteiger partial charge < -0.3 is 14.4 Å². The molecule has 0 amide bonds. The van der Waals surface area contributed by atoms with Gasteiger partial charge in [0.25, 0.3) is 5.56 Å². The predicted molar refractivity (Wildman–Crippen MR) is 124 cm³/mol. The van der Waals surface area contributed by atoms with Crippen LogP contribution in [0, 0.1) is 5.92 Å². The molecule has 0 unspecified atom stereocenters. The van der Waals surface area contributed by atoms with Crippen LogP contribution < -0.4 is 15.0 Å². The molecule has 0 spiro atoms. The van der Waals surface area contributed by atoms with E-state index in [2.05, 4.69) is 16.8 Å². The van der Waals surface area contributed by atoms with Crippen molar-refractivity contribution in [3.05, 3.63) is 40.3 Å². The Kier molecular flexibility index (Phi) is 5.50. The van der Waals surface area contributed by atoms with Gasteiger partial charge in [-0.1, -0.05) is 6.92 Å². The molecule has 8 heteroatoms. The Hall–Kier alpha value is -2.71. The van der Waals surface area contributed by atoms with E-state index in [1.165, 1.54) is 48.0 Å². The summed E-state index contributed by atoms with van der Waals surface area (Å²) in [5, 5.41) is 2.66. The fourth-order valence-electron chi connectivity index (χ4n) is 4.20. The van der Waals surface area contributed by atoms with Crippen LogP contribution >= 0.6 is 11.3 Å². The molecule has 31 heavy (non-hydrogen) atoms. The van der Waals surface area contributed by atoms with Gasteiger partial charge in [-0.05, 0) is 55.8 Å². The number of aromatic nitrogens is 3. The Morgan fingerprint density at radius 3 is 2.84 bits per heavy atom. The van der Waals surface area contributed by atoms with Gasteiger partial charge in [-0.15, -0.1) is 11.3 Å². The van der Waals surface area contributed by atoms with Gasteiger partial charge >= 0.3 is 0 Å². The highest BCUT2D eigenvalue weighted by atomic mass is 32.1. The number of methoxy groups -OCH3 is 1. The number of hydrogen-bond acceptors (Lipinski definition) is 7. The maximum absolute atomic E-state index is 12.8. The number of nitrogens with zero attached hydrogens (tertiary/aromatic N) is 4. The number of piperidine rings is 1. The van der Waals surface area contributed by atoms with Crippen molar-refractivity contribution >= 4 is 38.1 Å². The van der Waals surface area contributed by atoms with Gasteiger partial charge in [0.2, 0.25) is 0 Å². The van der Waals surface area contributed by atoms with E-state index in [9.17, 15) is 4.79 Å². The lowest BCUT2D eigenvalue weighted by Crippen LogP contribution is -2.34. The second-order valence-electron chi connectivity index (χ2n) is 8.24. The van der Waals surface area contributed by atoms with Crippen molar-refractivity contribution in [3.63, 3.8) is 0 Å². The second-order valence-corrected chi connectivity index (χ2v) is 9.15. The molecule has 1 fully saturated rings. The lowest BCUT2D eigenvalue weighted by atomic mass is 9.99. The lowest BCUT2D eigenvalue weighted by molar-refractivity contribution is 0.176. The average molecular weight is 439 g/mol. The number of hydrogen-bond donors (Lipinski definition) is 0. The third-order valence-electron chi connectivity index (χ3n) is 6.10. The first-order valence-corrected chi connectivity index (χ1v) is 11.6. The predicted octanol–water partition coefficient (Wildman–Crippen LogP) is 3.97. The van der Waals surface area contributed by atoms with Gasteiger partial charge in [-0.2, -0.15) is 0 Å². The maximum atomic E-state index is 12.8. The highest BCUT2D eigenvalue weighted by Crippen LogP contribution is 2.33. The molecule has 0 saturated carbocycles. The van der Waals surface area contributed by atoms with E-state index in [1.54, 1.807) is 7.11 Å². The SMILES string of the molecule is COc1cc2ncn3c(=O)c4sccc4nc3c2cc1OCCCN1CCC(C)CC1. The molecule has 0 radical (unpaired) electrons. The van der Waals surface area contributed by atoms with Crippen LogP contribution in [0.25, 0.3) is 26.8 Å². The minimum Gasteiger partial charge on any atom is -0.493 e.